The van der Waals surface area contributed by atoms with E-state index >= 15 is 0 Å². The number of aromatic amines is 1. The van der Waals surface area contributed by atoms with Crippen molar-refractivity contribution < 1.29 is 14.4 Å². The number of carbonyl (C=O) groups is 3. The van der Waals surface area contributed by atoms with Crippen molar-refractivity contribution in [3.63, 3.8) is 0 Å². The van der Waals surface area contributed by atoms with Gasteiger partial charge in [0.25, 0.3) is 5.91 Å². The summed E-state index contributed by atoms with van der Waals surface area (Å²) in [4.78, 5) is 43.7. The molecule has 1 spiro atoms. The average molecular weight is 472 g/mol. The van der Waals surface area contributed by atoms with Crippen LogP contribution < -0.4 is 16.4 Å². The summed E-state index contributed by atoms with van der Waals surface area (Å²) in [6.07, 6.45) is 5.25. The largest absolute Gasteiger partial charge is 0.356 e. The van der Waals surface area contributed by atoms with E-state index in [9.17, 15) is 14.4 Å². The Bertz CT molecular complexity index is 1090. The summed E-state index contributed by atoms with van der Waals surface area (Å²) >= 11 is 6.29. The Kier molecular flexibility index (Phi) is 5.82. The first-order chi connectivity index (χ1) is 15.8. The number of hydrogen-bond donors (Lipinski definition) is 4. The van der Waals surface area contributed by atoms with Crippen LogP contribution in [0, 0.1) is 11.3 Å². The van der Waals surface area contributed by atoms with E-state index in [0.717, 1.165) is 43.0 Å². The third-order valence-corrected chi connectivity index (χ3v) is 7.92. The van der Waals surface area contributed by atoms with Gasteiger partial charge in [-0.3, -0.25) is 14.4 Å². The predicted octanol–water partition coefficient (Wildman–Crippen LogP) is 2.52. The Morgan fingerprint density at radius 2 is 2.12 bits per heavy atom. The molecule has 1 saturated carbocycles. The lowest BCUT2D eigenvalue weighted by Crippen LogP contribution is -2.52. The number of H-pyrrole nitrogens is 1. The topological polar surface area (TPSA) is 120 Å². The summed E-state index contributed by atoms with van der Waals surface area (Å²) in [6, 6.07) is 6.67. The minimum absolute atomic E-state index is 0.00508. The van der Waals surface area contributed by atoms with Gasteiger partial charge in [-0.1, -0.05) is 24.1 Å². The Morgan fingerprint density at radius 1 is 1.30 bits per heavy atom. The average Bonchev–Trinajstić information content (AvgIpc) is 3.38. The smallest absolute Gasteiger partial charge is 0.271 e. The summed E-state index contributed by atoms with van der Waals surface area (Å²) in [5.74, 6) is -0.643. The molecule has 33 heavy (non-hydrogen) atoms. The Hall–Kier alpha value is -2.58. The molecular weight excluding hydrogens is 442 g/mol. The summed E-state index contributed by atoms with van der Waals surface area (Å²) in [6.45, 7) is 1.25. The van der Waals surface area contributed by atoms with E-state index in [1.54, 1.807) is 17.0 Å². The number of nitrogens with zero attached hydrogens (tertiary/aromatic N) is 1. The number of nitrogens with two attached hydrogens (primary N) is 1. The molecule has 9 heteroatoms. The standard InChI is InChI=1S/C24H30ClN5O3/c25-16-5-1-6-17-15(16)11-18(28-17)23(33)30-13-24(7-3-8-24)12-19(30)22(32)29-20(26)10-14-4-2-9-27-21(14)31/h1,5-6,11,14,19-20,28H,2-4,7-10,12-13,26H2,(H,27,31)(H,29,32)/t14-,19?,20-/m0/s1. The number of piperidine rings is 1. The van der Waals surface area contributed by atoms with Crippen molar-refractivity contribution in [2.75, 3.05) is 13.1 Å². The summed E-state index contributed by atoms with van der Waals surface area (Å²) in [5.41, 5.74) is 7.44. The van der Waals surface area contributed by atoms with Crippen molar-refractivity contribution in [3.8, 4) is 0 Å². The summed E-state index contributed by atoms with van der Waals surface area (Å²) in [5, 5.41) is 7.10. The molecule has 1 aromatic carbocycles. The first kappa shape index (κ1) is 22.2. The maximum Gasteiger partial charge on any atom is 0.271 e. The fourth-order valence-corrected chi connectivity index (χ4v) is 5.87. The molecule has 3 amide bonds. The fraction of sp³-hybridized carbons (Fsp3) is 0.542. The van der Waals surface area contributed by atoms with Crippen molar-refractivity contribution in [2.45, 2.75) is 57.2 Å². The van der Waals surface area contributed by atoms with Gasteiger partial charge in [0.2, 0.25) is 11.8 Å². The lowest BCUT2D eigenvalue weighted by Gasteiger charge is -2.37. The van der Waals surface area contributed by atoms with Crippen LogP contribution in [-0.4, -0.2) is 52.9 Å². The van der Waals surface area contributed by atoms with Gasteiger partial charge in [-0.2, -0.15) is 0 Å². The monoisotopic (exact) mass is 471 g/mol. The highest BCUT2D eigenvalue weighted by molar-refractivity contribution is 6.35. The molecule has 3 fully saturated rings. The molecule has 5 N–H and O–H groups in total. The third kappa shape index (κ3) is 4.22. The van der Waals surface area contributed by atoms with E-state index in [0.29, 0.717) is 36.6 Å². The molecule has 2 aliphatic heterocycles. The van der Waals surface area contributed by atoms with Crippen LogP contribution in [0.15, 0.2) is 24.3 Å². The zero-order valence-corrected chi connectivity index (χ0v) is 19.3. The maximum atomic E-state index is 13.5. The number of fused-ring (bicyclic) bond motifs is 1. The van der Waals surface area contributed by atoms with Gasteiger partial charge in [0.15, 0.2) is 0 Å². The molecule has 3 heterocycles. The molecule has 0 bridgehead atoms. The van der Waals surface area contributed by atoms with Crippen molar-refractivity contribution in [3.05, 3.63) is 35.0 Å². The normalized spacial score (nSPS) is 25.0. The predicted molar refractivity (Wildman–Crippen MR) is 126 cm³/mol. The van der Waals surface area contributed by atoms with Gasteiger partial charge in [0.1, 0.15) is 11.7 Å². The molecule has 176 valence electrons. The molecular formula is C24H30ClN5O3. The number of benzene rings is 1. The van der Waals surface area contributed by atoms with Crippen LogP contribution in [0.4, 0.5) is 0 Å². The molecule has 3 atom stereocenters. The van der Waals surface area contributed by atoms with Crippen molar-refractivity contribution in [1.29, 1.82) is 0 Å². The van der Waals surface area contributed by atoms with Gasteiger partial charge in [-0.15, -0.1) is 0 Å². The highest BCUT2D eigenvalue weighted by Crippen LogP contribution is 2.50. The number of hydrogen-bond acceptors (Lipinski definition) is 4. The van der Waals surface area contributed by atoms with Crippen LogP contribution in [0.1, 0.15) is 55.4 Å². The molecule has 1 aliphatic carbocycles. The Morgan fingerprint density at radius 3 is 2.82 bits per heavy atom. The Balaban J connectivity index is 1.32. The van der Waals surface area contributed by atoms with Gasteiger partial charge in [-0.05, 0) is 62.1 Å². The van der Waals surface area contributed by atoms with Crippen LogP contribution in [-0.2, 0) is 9.59 Å². The van der Waals surface area contributed by atoms with E-state index < -0.39 is 12.2 Å². The number of carbonyl (C=O) groups excluding carboxylic acids is 3. The number of rotatable bonds is 5. The number of halogens is 1. The van der Waals surface area contributed by atoms with E-state index in [-0.39, 0.29) is 29.1 Å². The molecule has 1 aromatic heterocycles. The molecule has 2 saturated heterocycles. The van der Waals surface area contributed by atoms with Crippen molar-refractivity contribution in [1.82, 2.24) is 20.5 Å². The van der Waals surface area contributed by atoms with Gasteiger partial charge in [-0.25, -0.2) is 0 Å². The number of nitrogens with one attached hydrogen (secondary N) is 3. The van der Waals surface area contributed by atoms with Crippen LogP contribution >= 0.6 is 11.6 Å². The van der Waals surface area contributed by atoms with Crippen molar-refractivity contribution >= 4 is 40.2 Å². The van der Waals surface area contributed by atoms with E-state index in [1.807, 2.05) is 12.1 Å². The Labute approximate surface area is 197 Å². The number of amides is 3. The van der Waals surface area contributed by atoms with Crippen LogP contribution in [0.25, 0.3) is 10.9 Å². The summed E-state index contributed by atoms with van der Waals surface area (Å²) in [7, 11) is 0. The van der Waals surface area contributed by atoms with Gasteiger partial charge in [0.05, 0.1) is 6.17 Å². The number of likely N-dealkylation sites (tertiary alicyclic amines) is 1. The van der Waals surface area contributed by atoms with Crippen LogP contribution in [0.3, 0.4) is 0 Å². The van der Waals surface area contributed by atoms with Gasteiger partial charge >= 0.3 is 0 Å². The highest BCUT2D eigenvalue weighted by Gasteiger charge is 2.51. The quantitative estimate of drug-likeness (QED) is 0.501. The first-order valence-electron chi connectivity index (χ1n) is 11.8. The molecule has 8 nitrogen and oxygen atoms in total. The zero-order chi connectivity index (χ0) is 23.2. The second kappa shape index (κ2) is 8.65. The van der Waals surface area contributed by atoms with Gasteiger partial charge in [0, 0.05) is 34.9 Å². The minimum atomic E-state index is -0.631. The number of aromatic nitrogens is 1. The SMILES string of the molecule is N[C@H](C[C@@H]1CCCNC1=O)NC(=O)C1CC2(CCC2)CN1C(=O)c1cc2c(Cl)cccc2[nH]1. The van der Waals surface area contributed by atoms with Crippen molar-refractivity contribution in [2.24, 2.45) is 17.1 Å². The lowest BCUT2D eigenvalue weighted by molar-refractivity contribution is -0.129. The maximum absolute atomic E-state index is 13.5. The zero-order valence-electron chi connectivity index (χ0n) is 18.5. The first-order valence-corrected chi connectivity index (χ1v) is 12.1. The van der Waals surface area contributed by atoms with E-state index in [1.165, 1.54) is 0 Å². The molecule has 0 radical (unpaired) electrons. The second-order valence-corrected chi connectivity index (χ2v) is 10.3. The molecule has 2 aromatic rings. The summed E-state index contributed by atoms with van der Waals surface area (Å²) < 4.78 is 0. The molecule has 3 aliphatic rings. The van der Waals surface area contributed by atoms with Crippen LogP contribution in [0.2, 0.25) is 5.02 Å². The minimum Gasteiger partial charge on any atom is -0.356 e. The van der Waals surface area contributed by atoms with E-state index in [4.69, 9.17) is 17.3 Å². The molecule has 1 unspecified atom stereocenters. The lowest BCUT2D eigenvalue weighted by atomic mass is 9.67. The highest BCUT2D eigenvalue weighted by atomic mass is 35.5. The van der Waals surface area contributed by atoms with Gasteiger partial charge < -0.3 is 26.3 Å². The van der Waals surface area contributed by atoms with Crippen LogP contribution in [0.5, 0.6) is 0 Å². The fourth-order valence-electron chi connectivity index (χ4n) is 5.64. The second-order valence-electron chi connectivity index (χ2n) is 9.87. The van der Waals surface area contributed by atoms with E-state index in [2.05, 4.69) is 15.6 Å². The third-order valence-electron chi connectivity index (χ3n) is 7.59. The molecule has 5 rings (SSSR count).